The summed E-state index contributed by atoms with van der Waals surface area (Å²) in [6.45, 7) is 0. The predicted molar refractivity (Wildman–Crippen MR) is 121 cm³/mol. The lowest BCUT2D eigenvalue weighted by Gasteiger charge is -2.11. The van der Waals surface area contributed by atoms with Gasteiger partial charge < -0.3 is 0 Å². The van der Waals surface area contributed by atoms with Crippen LogP contribution in [-0.2, 0) is 11.2 Å². The molecule has 1 N–H and O–H groups in total. The van der Waals surface area contributed by atoms with Gasteiger partial charge in [0, 0.05) is 17.3 Å². The number of amides is 1. The van der Waals surface area contributed by atoms with Gasteiger partial charge in [0.2, 0.25) is 17.6 Å². The average Bonchev–Trinajstić information content (AvgIpc) is 2.85. The lowest BCUT2D eigenvalue weighted by molar-refractivity contribution is -0.115. The van der Waals surface area contributed by atoms with Crippen LogP contribution in [0.5, 0.6) is 0 Å². The van der Waals surface area contributed by atoms with Crippen LogP contribution >= 0.6 is 0 Å². The summed E-state index contributed by atoms with van der Waals surface area (Å²) in [7, 11) is 0. The molecule has 0 unspecified atom stereocenters. The van der Waals surface area contributed by atoms with E-state index in [4.69, 9.17) is 5.26 Å². The van der Waals surface area contributed by atoms with Crippen LogP contribution in [0.4, 0.5) is 14.7 Å². The number of benzene rings is 3. The smallest absolute Gasteiger partial charge is 0.231 e. The molecule has 0 fully saturated rings. The SMILES string of the molecule is N#Cc1ccc(CC(=O)Nc2ncc(-c3ccc(F)cc3)c(C(=O)c3ccc(F)cc3)n2)cc1. The maximum atomic E-state index is 13.4. The summed E-state index contributed by atoms with van der Waals surface area (Å²) in [5, 5.41) is 11.4. The lowest BCUT2D eigenvalue weighted by Crippen LogP contribution is -2.18. The van der Waals surface area contributed by atoms with Gasteiger partial charge >= 0.3 is 0 Å². The van der Waals surface area contributed by atoms with Crippen LogP contribution in [0.2, 0.25) is 0 Å². The van der Waals surface area contributed by atoms with E-state index in [1.807, 2.05) is 6.07 Å². The van der Waals surface area contributed by atoms with E-state index in [1.165, 1.54) is 42.6 Å². The van der Waals surface area contributed by atoms with Gasteiger partial charge in [-0.2, -0.15) is 5.26 Å². The van der Waals surface area contributed by atoms with Gasteiger partial charge in [-0.3, -0.25) is 14.9 Å². The van der Waals surface area contributed by atoms with Crippen LogP contribution in [0.1, 0.15) is 27.2 Å². The minimum Gasteiger partial charge on any atom is -0.294 e. The molecular formula is C26H16F2N4O2. The molecule has 166 valence electrons. The van der Waals surface area contributed by atoms with E-state index < -0.39 is 23.3 Å². The normalized spacial score (nSPS) is 10.4. The fraction of sp³-hybridized carbons (Fsp3) is 0.0385. The number of ketones is 1. The third-order valence-corrected chi connectivity index (χ3v) is 4.96. The molecule has 1 amide bonds. The molecule has 1 heterocycles. The van der Waals surface area contributed by atoms with Crippen molar-refractivity contribution in [2.24, 2.45) is 0 Å². The highest BCUT2D eigenvalue weighted by atomic mass is 19.1. The van der Waals surface area contributed by atoms with Crippen molar-refractivity contribution < 1.29 is 18.4 Å². The average molecular weight is 454 g/mol. The van der Waals surface area contributed by atoms with E-state index in [0.29, 0.717) is 22.3 Å². The molecule has 0 saturated carbocycles. The number of nitriles is 1. The minimum atomic E-state index is -0.510. The van der Waals surface area contributed by atoms with Crippen molar-refractivity contribution in [3.05, 3.63) is 113 Å². The van der Waals surface area contributed by atoms with E-state index in [-0.39, 0.29) is 23.6 Å². The molecule has 8 heteroatoms. The van der Waals surface area contributed by atoms with Crippen LogP contribution in [0.3, 0.4) is 0 Å². The molecule has 0 spiro atoms. The number of halogens is 2. The van der Waals surface area contributed by atoms with Crippen LogP contribution in [0.25, 0.3) is 11.1 Å². The molecular weight excluding hydrogens is 438 g/mol. The minimum absolute atomic E-state index is 0.00994. The standard InChI is InChI=1S/C26H16F2N4O2/c27-20-9-5-18(6-10-20)22-15-30-26(31-23(33)13-16-1-3-17(14-29)4-2-16)32-24(22)25(34)19-7-11-21(28)12-8-19/h1-12,15H,13H2,(H,30,31,32,33). The highest BCUT2D eigenvalue weighted by Gasteiger charge is 2.19. The van der Waals surface area contributed by atoms with Crippen molar-refractivity contribution in [2.45, 2.75) is 6.42 Å². The summed E-state index contributed by atoms with van der Waals surface area (Å²) < 4.78 is 26.7. The number of hydrogen-bond acceptors (Lipinski definition) is 5. The van der Waals surface area contributed by atoms with Crippen LogP contribution in [0, 0.1) is 23.0 Å². The maximum absolute atomic E-state index is 13.4. The topological polar surface area (TPSA) is 95.7 Å². The zero-order valence-corrected chi connectivity index (χ0v) is 17.6. The molecule has 6 nitrogen and oxygen atoms in total. The first-order valence-corrected chi connectivity index (χ1v) is 10.1. The second-order valence-corrected chi connectivity index (χ2v) is 7.33. The Morgan fingerprint density at radius 1 is 0.882 bits per heavy atom. The molecule has 4 aromatic rings. The maximum Gasteiger partial charge on any atom is 0.231 e. The van der Waals surface area contributed by atoms with E-state index in [9.17, 15) is 18.4 Å². The van der Waals surface area contributed by atoms with E-state index >= 15 is 0 Å². The molecule has 1 aromatic heterocycles. The Balaban J connectivity index is 1.64. The van der Waals surface area contributed by atoms with Gasteiger partial charge in [0.25, 0.3) is 0 Å². The van der Waals surface area contributed by atoms with Crippen molar-refractivity contribution in [1.82, 2.24) is 9.97 Å². The number of hydrogen-bond donors (Lipinski definition) is 1. The third-order valence-electron chi connectivity index (χ3n) is 4.96. The van der Waals surface area contributed by atoms with Gasteiger partial charge in [0.1, 0.15) is 17.3 Å². The van der Waals surface area contributed by atoms with Gasteiger partial charge in [0.05, 0.1) is 18.1 Å². The summed E-state index contributed by atoms with van der Waals surface area (Å²) in [5.74, 6) is -1.95. The predicted octanol–water partition coefficient (Wildman–Crippen LogP) is 4.71. The lowest BCUT2D eigenvalue weighted by atomic mass is 9.99. The van der Waals surface area contributed by atoms with Gasteiger partial charge in [-0.15, -0.1) is 0 Å². The molecule has 0 aliphatic carbocycles. The van der Waals surface area contributed by atoms with Gasteiger partial charge in [-0.25, -0.2) is 18.7 Å². The van der Waals surface area contributed by atoms with Gasteiger partial charge in [-0.05, 0) is 59.7 Å². The number of nitrogens with zero attached hydrogens (tertiary/aromatic N) is 3. The Labute approximate surface area is 193 Å². The highest BCUT2D eigenvalue weighted by molar-refractivity contribution is 6.11. The quantitative estimate of drug-likeness (QED) is 0.426. The second-order valence-electron chi connectivity index (χ2n) is 7.33. The third kappa shape index (κ3) is 5.16. The first kappa shape index (κ1) is 22.4. The molecule has 4 rings (SSSR count). The number of aromatic nitrogens is 2. The molecule has 0 radical (unpaired) electrons. The number of anilines is 1. The van der Waals surface area contributed by atoms with E-state index in [1.54, 1.807) is 24.3 Å². The molecule has 0 aliphatic heterocycles. The Morgan fingerprint density at radius 2 is 1.50 bits per heavy atom. The largest absolute Gasteiger partial charge is 0.294 e. The first-order chi connectivity index (χ1) is 16.4. The van der Waals surface area contributed by atoms with Crippen molar-refractivity contribution in [2.75, 3.05) is 5.32 Å². The second kappa shape index (κ2) is 9.79. The van der Waals surface area contributed by atoms with Gasteiger partial charge in [0.15, 0.2) is 0 Å². The highest BCUT2D eigenvalue weighted by Crippen LogP contribution is 2.25. The molecule has 3 aromatic carbocycles. The Kier molecular flexibility index (Phi) is 6.46. The summed E-state index contributed by atoms with van der Waals surface area (Å²) in [6.07, 6.45) is 1.38. The summed E-state index contributed by atoms with van der Waals surface area (Å²) in [4.78, 5) is 34.1. The van der Waals surface area contributed by atoms with E-state index in [0.717, 1.165) is 12.1 Å². The molecule has 0 atom stereocenters. The van der Waals surface area contributed by atoms with Crippen molar-refractivity contribution >= 4 is 17.6 Å². The Hall–Kier alpha value is -4.77. The molecule has 0 saturated heterocycles. The zero-order chi connectivity index (χ0) is 24.1. The summed E-state index contributed by atoms with van der Waals surface area (Å²) >= 11 is 0. The molecule has 34 heavy (non-hydrogen) atoms. The fourth-order valence-corrected chi connectivity index (χ4v) is 3.25. The summed E-state index contributed by atoms with van der Waals surface area (Å²) in [5.41, 5.74) is 2.16. The molecule has 0 aliphatic rings. The van der Waals surface area contributed by atoms with Crippen LogP contribution in [0.15, 0.2) is 79.0 Å². The number of carbonyl (C=O) groups excluding carboxylic acids is 2. The van der Waals surface area contributed by atoms with E-state index in [2.05, 4.69) is 15.3 Å². The monoisotopic (exact) mass is 454 g/mol. The van der Waals surface area contributed by atoms with Crippen LogP contribution < -0.4 is 5.32 Å². The number of nitrogens with one attached hydrogen (secondary N) is 1. The fourth-order valence-electron chi connectivity index (χ4n) is 3.25. The van der Waals surface area contributed by atoms with Crippen molar-refractivity contribution in [3.63, 3.8) is 0 Å². The van der Waals surface area contributed by atoms with Gasteiger partial charge in [-0.1, -0.05) is 24.3 Å². The first-order valence-electron chi connectivity index (χ1n) is 10.1. The zero-order valence-electron chi connectivity index (χ0n) is 17.6. The van der Waals surface area contributed by atoms with Crippen molar-refractivity contribution in [3.8, 4) is 17.2 Å². The summed E-state index contributed by atoms with van der Waals surface area (Å²) in [6, 6.07) is 19.0. The number of carbonyl (C=O) groups is 2. The Bertz CT molecular complexity index is 1400. The van der Waals surface area contributed by atoms with Crippen molar-refractivity contribution in [1.29, 1.82) is 5.26 Å². The molecule has 0 bridgehead atoms. The van der Waals surface area contributed by atoms with Crippen LogP contribution in [-0.4, -0.2) is 21.7 Å². The Morgan fingerprint density at radius 3 is 2.12 bits per heavy atom. The number of rotatable bonds is 6.